The number of hydrogen-bond donors (Lipinski definition) is 2. The van der Waals surface area contributed by atoms with Crippen molar-refractivity contribution < 1.29 is 18.3 Å². The fourth-order valence-electron chi connectivity index (χ4n) is 4.08. The lowest BCUT2D eigenvalue weighted by molar-refractivity contribution is 0.0622. The van der Waals surface area contributed by atoms with E-state index >= 15 is 0 Å². The Morgan fingerprint density at radius 1 is 1.17 bits per heavy atom. The molecule has 2 aliphatic rings. The van der Waals surface area contributed by atoms with Crippen LogP contribution < -0.4 is 10.9 Å². The second kappa shape index (κ2) is 9.62. The molecule has 0 aliphatic carbocycles. The molecule has 1 aromatic carbocycles. The first-order chi connectivity index (χ1) is 14.5. The van der Waals surface area contributed by atoms with Crippen molar-refractivity contribution in [1.82, 2.24) is 9.97 Å². The molecule has 3 heterocycles. The molecule has 1 atom stereocenters. The third kappa shape index (κ3) is 4.78. The van der Waals surface area contributed by atoms with Crippen LogP contribution in [0, 0.1) is 17.6 Å². The summed E-state index contributed by atoms with van der Waals surface area (Å²) in [6.07, 6.45) is 3.66. The molecule has 0 saturated carbocycles. The van der Waals surface area contributed by atoms with Crippen molar-refractivity contribution in [2.45, 2.75) is 49.7 Å². The molecule has 6 nitrogen and oxygen atoms in total. The molecular weight excluding hydrogens is 412 g/mol. The average Bonchev–Trinajstić information content (AvgIpc) is 2.76. The largest absolute Gasteiger partial charge is 0.381 e. The van der Waals surface area contributed by atoms with Gasteiger partial charge in [-0.3, -0.25) is 4.79 Å². The maximum Gasteiger partial charge on any atom is 0.261 e. The van der Waals surface area contributed by atoms with Gasteiger partial charge in [0.15, 0.2) is 11.6 Å². The number of benzene rings is 1. The van der Waals surface area contributed by atoms with E-state index in [9.17, 15) is 13.6 Å². The zero-order valence-corrected chi connectivity index (χ0v) is 17.8. The van der Waals surface area contributed by atoms with Gasteiger partial charge in [0.25, 0.3) is 5.56 Å². The minimum Gasteiger partial charge on any atom is -0.381 e. The lowest BCUT2D eigenvalue weighted by Gasteiger charge is -2.29. The summed E-state index contributed by atoms with van der Waals surface area (Å²) in [5.74, 6) is -0.908. The zero-order valence-electron chi connectivity index (χ0n) is 17.0. The van der Waals surface area contributed by atoms with Crippen molar-refractivity contribution in [3.05, 3.63) is 33.9 Å². The van der Waals surface area contributed by atoms with Gasteiger partial charge in [0, 0.05) is 37.7 Å². The van der Waals surface area contributed by atoms with Crippen LogP contribution in [0.15, 0.2) is 10.9 Å². The predicted molar refractivity (Wildman–Crippen MR) is 114 cm³/mol. The first-order valence-corrected chi connectivity index (χ1v) is 11.5. The van der Waals surface area contributed by atoms with E-state index < -0.39 is 17.2 Å². The predicted octanol–water partition coefficient (Wildman–Crippen LogP) is 3.84. The number of hydrogen-bond acceptors (Lipinski definition) is 6. The highest BCUT2D eigenvalue weighted by atomic mass is 32.2. The number of aromatic nitrogens is 2. The summed E-state index contributed by atoms with van der Waals surface area (Å²) in [6.45, 7) is 4.79. The Morgan fingerprint density at radius 3 is 2.53 bits per heavy atom. The van der Waals surface area contributed by atoms with Crippen LogP contribution in [-0.2, 0) is 15.2 Å². The van der Waals surface area contributed by atoms with E-state index in [0.717, 1.165) is 38.9 Å². The maximum absolute atomic E-state index is 14.7. The van der Waals surface area contributed by atoms with Crippen LogP contribution in [-0.4, -0.2) is 47.7 Å². The number of H-pyrrole nitrogens is 1. The summed E-state index contributed by atoms with van der Waals surface area (Å²) >= 11 is 1.70. The smallest absolute Gasteiger partial charge is 0.261 e. The van der Waals surface area contributed by atoms with Gasteiger partial charge in [-0.05, 0) is 44.6 Å². The van der Waals surface area contributed by atoms with Crippen molar-refractivity contribution in [2.24, 2.45) is 5.92 Å². The molecule has 2 aromatic rings. The lowest BCUT2D eigenvalue weighted by atomic mass is 9.92. The Balaban J connectivity index is 1.57. The first-order valence-electron chi connectivity index (χ1n) is 10.5. The quantitative estimate of drug-likeness (QED) is 0.712. The summed E-state index contributed by atoms with van der Waals surface area (Å²) in [5, 5.41) is 3.20. The molecule has 0 spiro atoms. The van der Waals surface area contributed by atoms with E-state index in [1.165, 1.54) is 6.07 Å². The molecule has 9 heteroatoms. The molecule has 1 aromatic heterocycles. The number of nitrogens with one attached hydrogen (secondary N) is 2. The van der Waals surface area contributed by atoms with Gasteiger partial charge < -0.3 is 19.8 Å². The van der Waals surface area contributed by atoms with Gasteiger partial charge in [-0.1, -0.05) is 0 Å². The molecule has 0 bridgehead atoms. The van der Waals surface area contributed by atoms with Gasteiger partial charge in [0.05, 0.1) is 17.0 Å². The summed E-state index contributed by atoms with van der Waals surface area (Å²) in [6, 6.07) is 1.40. The summed E-state index contributed by atoms with van der Waals surface area (Å²) < 4.78 is 40.1. The normalized spacial score (nSPS) is 19.8. The van der Waals surface area contributed by atoms with E-state index in [1.54, 1.807) is 11.8 Å². The van der Waals surface area contributed by atoms with E-state index in [2.05, 4.69) is 15.3 Å². The van der Waals surface area contributed by atoms with Crippen molar-refractivity contribution in [1.29, 1.82) is 0 Å². The van der Waals surface area contributed by atoms with Crippen molar-refractivity contribution in [3.8, 4) is 0 Å². The van der Waals surface area contributed by atoms with Gasteiger partial charge >= 0.3 is 0 Å². The fourth-order valence-corrected chi connectivity index (χ4v) is 5.13. The van der Waals surface area contributed by atoms with Crippen LogP contribution in [0.2, 0.25) is 0 Å². The number of anilines is 1. The second-order valence-electron chi connectivity index (χ2n) is 7.96. The van der Waals surface area contributed by atoms with Crippen LogP contribution in [0.5, 0.6) is 0 Å². The van der Waals surface area contributed by atoms with Crippen LogP contribution in [0.3, 0.4) is 0 Å². The molecule has 2 aliphatic heterocycles. The molecule has 2 fully saturated rings. The molecule has 30 heavy (non-hydrogen) atoms. The summed E-state index contributed by atoms with van der Waals surface area (Å²) in [4.78, 5) is 19.5. The van der Waals surface area contributed by atoms with Crippen LogP contribution in [0.1, 0.15) is 38.4 Å². The molecule has 2 saturated heterocycles. The zero-order chi connectivity index (χ0) is 21.1. The fraction of sp³-hybridized carbons (Fsp3) is 0.619. The van der Waals surface area contributed by atoms with Crippen molar-refractivity contribution >= 4 is 28.4 Å². The van der Waals surface area contributed by atoms with Crippen LogP contribution in [0.25, 0.3) is 10.9 Å². The first kappa shape index (κ1) is 21.5. The molecule has 1 unspecified atom stereocenters. The van der Waals surface area contributed by atoms with Crippen LogP contribution >= 0.6 is 11.8 Å². The molecular formula is C21H27F2N3O3S. The number of nitrogens with zero attached hydrogens (tertiary/aromatic N) is 1. The molecule has 0 radical (unpaired) electrons. The van der Waals surface area contributed by atoms with Gasteiger partial charge in [-0.15, -0.1) is 0 Å². The molecule has 4 rings (SSSR count). The Kier molecular flexibility index (Phi) is 6.90. The number of aromatic amines is 1. The van der Waals surface area contributed by atoms with E-state index in [-0.39, 0.29) is 22.6 Å². The highest BCUT2D eigenvalue weighted by Crippen LogP contribution is 2.29. The van der Waals surface area contributed by atoms with E-state index in [1.807, 2.05) is 6.92 Å². The summed E-state index contributed by atoms with van der Waals surface area (Å²) in [5.41, 5.74) is -0.440. The second-order valence-corrected chi connectivity index (χ2v) is 9.25. The number of halogens is 2. The highest BCUT2D eigenvalue weighted by Gasteiger charge is 2.24. The van der Waals surface area contributed by atoms with Gasteiger partial charge in [-0.2, -0.15) is 11.8 Å². The lowest BCUT2D eigenvalue weighted by Crippen LogP contribution is -2.31. The van der Waals surface area contributed by atoms with Crippen LogP contribution in [0.4, 0.5) is 14.5 Å². The van der Waals surface area contributed by atoms with E-state index in [4.69, 9.17) is 9.47 Å². The monoisotopic (exact) mass is 439 g/mol. The maximum atomic E-state index is 14.7. The van der Waals surface area contributed by atoms with E-state index in [0.29, 0.717) is 36.0 Å². The minimum atomic E-state index is -1.16. The van der Waals surface area contributed by atoms with Gasteiger partial charge in [0.2, 0.25) is 0 Å². The van der Waals surface area contributed by atoms with Gasteiger partial charge in [-0.25, -0.2) is 13.8 Å². The number of ether oxygens (including phenoxy) is 2. The van der Waals surface area contributed by atoms with Crippen molar-refractivity contribution in [2.75, 3.05) is 31.7 Å². The summed E-state index contributed by atoms with van der Waals surface area (Å²) in [7, 11) is 0. The topological polar surface area (TPSA) is 76.2 Å². The number of thioether (sulfide) groups is 1. The Labute approximate surface area is 178 Å². The Hall–Kier alpha value is -1.71. The molecule has 0 amide bonds. The van der Waals surface area contributed by atoms with Gasteiger partial charge in [0.1, 0.15) is 11.2 Å². The molecule has 2 N–H and O–H groups in total. The Bertz CT molecular complexity index is 943. The number of fused-ring (bicyclic) bond motifs is 1. The Morgan fingerprint density at radius 2 is 1.83 bits per heavy atom. The third-order valence-corrected chi connectivity index (χ3v) is 7.29. The third-order valence-electron chi connectivity index (χ3n) is 5.91. The molecule has 164 valence electrons. The van der Waals surface area contributed by atoms with Crippen molar-refractivity contribution in [3.63, 3.8) is 0 Å². The number of rotatable bonds is 6. The standard InChI is InChI=1S/C21H27F2N3O3S/c1-12(13-2-6-28-7-3-13)24-16-10-15-18(20(23)19(16)22)21(27)26-17(25-15)11-30-14-4-8-29-9-5-14/h10,12-14,24H,2-9,11H2,1H3,(H,25,26,27). The highest BCUT2D eigenvalue weighted by molar-refractivity contribution is 7.99. The SMILES string of the molecule is CC(Nc1cc2nc(CSC3CCOCC3)[nH]c(=O)c2c(F)c1F)C1CCOCC1. The minimum absolute atomic E-state index is 0.0418. The average molecular weight is 440 g/mol.